The Hall–Kier alpha value is -2.40. The zero-order valence-electron chi connectivity index (χ0n) is 11.7. The summed E-state index contributed by atoms with van der Waals surface area (Å²) in [6, 6.07) is 12.6. The average molecular weight is 369 g/mol. The van der Waals surface area contributed by atoms with Crippen molar-refractivity contribution in [3.8, 4) is 11.5 Å². The van der Waals surface area contributed by atoms with Gasteiger partial charge in [-0.05, 0) is 10.8 Å². The molecule has 0 atom stereocenters. The largest absolute Gasteiger partial charge is 0.716 e. The molecule has 126 valence electrons. The van der Waals surface area contributed by atoms with Crippen molar-refractivity contribution in [1.82, 2.24) is 0 Å². The van der Waals surface area contributed by atoms with Gasteiger partial charge in [0.1, 0.15) is 0 Å². The van der Waals surface area contributed by atoms with Crippen LogP contribution in [0.5, 0.6) is 11.5 Å². The molecule has 3 aromatic carbocycles. The van der Waals surface area contributed by atoms with Gasteiger partial charge in [-0.1, -0.05) is 48.5 Å². The Bertz CT molecular complexity index is 1060. The molecule has 0 bridgehead atoms. The van der Waals surface area contributed by atoms with Gasteiger partial charge in [-0.25, -0.2) is 8.42 Å². The van der Waals surface area contributed by atoms with Crippen molar-refractivity contribution < 1.29 is 34.3 Å². The monoisotopic (exact) mass is 369 g/mol. The molecule has 3 aromatic rings. The lowest BCUT2D eigenvalue weighted by atomic mass is 10.0. The van der Waals surface area contributed by atoms with Gasteiger partial charge >= 0.3 is 10.4 Å². The van der Waals surface area contributed by atoms with Crippen LogP contribution in [0.25, 0.3) is 21.5 Å². The summed E-state index contributed by atoms with van der Waals surface area (Å²) in [6.45, 7) is 0. The first-order valence-electron chi connectivity index (χ1n) is 6.41. The second kappa shape index (κ2) is 5.60. The quantitative estimate of drug-likeness (QED) is 0.420. The number of rotatable bonds is 4. The van der Waals surface area contributed by atoms with Crippen molar-refractivity contribution in [2.75, 3.05) is 0 Å². The van der Waals surface area contributed by atoms with Gasteiger partial charge < -0.3 is 12.9 Å². The fraction of sp³-hybridized carbons (Fsp3) is 0. The van der Waals surface area contributed by atoms with Crippen LogP contribution in [-0.2, 0) is 20.8 Å². The lowest BCUT2D eigenvalue weighted by molar-refractivity contribution is 0.357. The molecular weight excluding hydrogens is 360 g/mol. The summed E-state index contributed by atoms with van der Waals surface area (Å²) in [5.74, 6) is -1.21. The molecule has 0 aromatic heterocycles. The normalized spacial score (nSPS) is 12.4. The van der Waals surface area contributed by atoms with Crippen molar-refractivity contribution in [3.63, 3.8) is 0 Å². The summed E-state index contributed by atoms with van der Waals surface area (Å²) in [5, 5.41) is 1.30. The minimum atomic E-state index is -5.22. The molecule has 0 saturated carbocycles. The third-order valence-electron chi connectivity index (χ3n) is 3.21. The van der Waals surface area contributed by atoms with E-state index in [4.69, 9.17) is 4.55 Å². The molecule has 0 spiro atoms. The van der Waals surface area contributed by atoms with Gasteiger partial charge in [0, 0.05) is 10.8 Å². The summed E-state index contributed by atoms with van der Waals surface area (Å²) in [7, 11) is -10.2. The fourth-order valence-corrected chi connectivity index (χ4v) is 3.20. The van der Waals surface area contributed by atoms with Crippen molar-refractivity contribution in [2.45, 2.75) is 0 Å². The van der Waals surface area contributed by atoms with E-state index in [1.54, 1.807) is 36.4 Å². The van der Waals surface area contributed by atoms with E-state index in [-0.39, 0.29) is 10.8 Å². The van der Waals surface area contributed by atoms with E-state index in [0.717, 1.165) is 0 Å². The molecule has 0 saturated heterocycles. The van der Waals surface area contributed by atoms with Gasteiger partial charge in [-0.2, -0.15) is 8.42 Å². The molecule has 0 fully saturated rings. The maximum Gasteiger partial charge on any atom is 0.446 e. The first-order chi connectivity index (χ1) is 11.2. The predicted octanol–water partition coefficient (Wildman–Crippen LogP) is 2.01. The minimum absolute atomic E-state index is 0.134. The van der Waals surface area contributed by atoms with Gasteiger partial charge in [0.2, 0.25) is 0 Å². The second-order valence-corrected chi connectivity index (χ2v) is 6.76. The van der Waals surface area contributed by atoms with Gasteiger partial charge in [0.05, 0.1) is 0 Å². The highest BCUT2D eigenvalue weighted by Crippen LogP contribution is 2.44. The van der Waals surface area contributed by atoms with Crippen LogP contribution in [0, 0.1) is 0 Å². The molecule has 10 heteroatoms. The standard InChI is InChI=1S/C14H10O8S2/c15-23(16,17)21-13-11-7-3-1-5-9(11)10-6-2-4-8-12(10)14(13)22-24(18,19)20/h1-8H,(H,15,16,17)(H,18,19,20)/p-1. The molecule has 0 aliphatic carbocycles. The number of hydrogen-bond acceptors (Lipinski definition) is 7. The molecule has 0 unspecified atom stereocenters. The fourth-order valence-electron chi connectivity index (χ4n) is 2.45. The summed E-state index contributed by atoms with van der Waals surface area (Å²) >= 11 is 0. The zero-order chi connectivity index (χ0) is 17.5. The Labute approximate surface area is 137 Å². The maximum absolute atomic E-state index is 11.1. The van der Waals surface area contributed by atoms with Gasteiger partial charge in [-0.3, -0.25) is 4.55 Å². The average Bonchev–Trinajstić information content (AvgIpc) is 2.48. The second-order valence-electron chi connectivity index (χ2n) is 4.75. The molecule has 0 aliphatic rings. The minimum Gasteiger partial charge on any atom is -0.716 e. The topological polar surface area (TPSA) is 130 Å². The number of fused-ring (bicyclic) bond motifs is 3. The molecule has 0 amide bonds. The third-order valence-corrected chi connectivity index (χ3v) is 3.96. The van der Waals surface area contributed by atoms with E-state index in [1.165, 1.54) is 12.1 Å². The van der Waals surface area contributed by atoms with Gasteiger partial charge in [-0.15, -0.1) is 0 Å². The number of benzene rings is 3. The summed E-state index contributed by atoms with van der Waals surface area (Å²) in [6.07, 6.45) is 0. The van der Waals surface area contributed by atoms with Crippen LogP contribution in [-0.4, -0.2) is 25.9 Å². The van der Waals surface area contributed by atoms with Crippen LogP contribution in [0.15, 0.2) is 48.5 Å². The highest BCUT2D eigenvalue weighted by molar-refractivity contribution is 7.81. The molecule has 24 heavy (non-hydrogen) atoms. The van der Waals surface area contributed by atoms with Crippen LogP contribution >= 0.6 is 0 Å². The van der Waals surface area contributed by atoms with Crippen LogP contribution in [0.1, 0.15) is 0 Å². The highest BCUT2D eigenvalue weighted by Gasteiger charge is 2.22. The van der Waals surface area contributed by atoms with Gasteiger partial charge in [0.15, 0.2) is 11.5 Å². The predicted molar refractivity (Wildman–Crippen MR) is 84.0 cm³/mol. The molecule has 0 heterocycles. The van der Waals surface area contributed by atoms with Crippen molar-refractivity contribution in [3.05, 3.63) is 48.5 Å². The Morgan fingerprint density at radius 3 is 1.46 bits per heavy atom. The summed E-state index contributed by atoms with van der Waals surface area (Å²) in [4.78, 5) is 0. The molecule has 3 rings (SSSR count). The Kier molecular flexibility index (Phi) is 3.84. The highest BCUT2D eigenvalue weighted by atomic mass is 32.3. The Balaban J connectivity index is 2.52. The van der Waals surface area contributed by atoms with Crippen LogP contribution in [0.3, 0.4) is 0 Å². The maximum atomic E-state index is 11.1. The van der Waals surface area contributed by atoms with Crippen molar-refractivity contribution in [2.24, 2.45) is 0 Å². The van der Waals surface area contributed by atoms with E-state index in [2.05, 4.69) is 8.37 Å². The molecule has 1 N–H and O–H groups in total. The van der Waals surface area contributed by atoms with E-state index in [0.29, 0.717) is 10.8 Å². The van der Waals surface area contributed by atoms with E-state index >= 15 is 0 Å². The lowest BCUT2D eigenvalue weighted by Gasteiger charge is -2.17. The molecular formula is C14H9O8S2-. The number of hydrogen-bond donors (Lipinski definition) is 1. The Morgan fingerprint density at radius 2 is 1.08 bits per heavy atom. The lowest BCUT2D eigenvalue weighted by Crippen LogP contribution is -2.12. The van der Waals surface area contributed by atoms with Crippen LogP contribution in [0.4, 0.5) is 0 Å². The van der Waals surface area contributed by atoms with E-state index in [1.807, 2.05) is 0 Å². The molecule has 0 aliphatic heterocycles. The zero-order valence-corrected chi connectivity index (χ0v) is 13.4. The smallest absolute Gasteiger partial charge is 0.446 e. The summed E-state index contributed by atoms with van der Waals surface area (Å²) < 4.78 is 73.4. The van der Waals surface area contributed by atoms with E-state index < -0.39 is 32.3 Å². The molecule has 8 nitrogen and oxygen atoms in total. The van der Waals surface area contributed by atoms with Crippen molar-refractivity contribution >= 4 is 42.3 Å². The van der Waals surface area contributed by atoms with Crippen LogP contribution in [0.2, 0.25) is 0 Å². The summed E-state index contributed by atoms with van der Waals surface area (Å²) in [5.41, 5.74) is 0. The first-order valence-corrected chi connectivity index (χ1v) is 9.11. The van der Waals surface area contributed by atoms with Crippen LogP contribution < -0.4 is 8.37 Å². The van der Waals surface area contributed by atoms with Gasteiger partial charge in [0.25, 0.3) is 10.4 Å². The third kappa shape index (κ3) is 3.26. The molecule has 0 radical (unpaired) electrons. The van der Waals surface area contributed by atoms with E-state index in [9.17, 15) is 21.4 Å². The first kappa shape index (κ1) is 16.5. The SMILES string of the molecule is O=S(=O)([O-])Oc1c(OS(=O)(=O)O)c2ccccc2c2ccccc12. The van der Waals surface area contributed by atoms with Crippen molar-refractivity contribution in [1.29, 1.82) is 0 Å². The Morgan fingerprint density at radius 1 is 0.708 bits per heavy atom.